The van der Waals surface area contributed by atoms with Gasteiger partial charge < -0.3 is 20.1 Å². The van der Waals surface area contributed by atoms with Crippen molar-refractivity contribution in [3.8, 4) is 5.75 Å². The fourth-order valence-corrected chi connectivity index (χ4v) is 5.01. The highest BCUT2D eigenvalue weighted by molar-refractivity contribution is 7.99. The van der Waals surface area contributed by atoms with Crippen LogP contribution in [0.5, 0.6) is 5.75 Å². The summed E-state index contributed by atoms with van der Waals surface area (Å²) in [6.45, 7) is 0.627. The van der Waals surface area contributed by atoms with Gasteiger partial charge in [-0.15, -0.1) is 0 Å². The lowest BCUT2D eigenvalue weighted by Gasteiger charge is -2.24. The van der Waals surface area contributed by atoms with Crippen LogP contribution in [0.2, 0.25) is 0 Å². The van der Waals surface area contributed by atoms with Crippen LogP contribution in [0.1, 0.15) is 63.4 Å². The molecule has 5 nitrogen and oxygen atoms in total. The maximum absolute atomic E-state index is 12.3. The first kappa shape index (κ1) is 22.9. The highest BCUT2D eigenvalue weighted by atomic mass is 32.2. The quantitative estimate of drug-likeness (QED) is 0.398. The number of ether oxygens (including phenoxy) is 1. The van der Waals surface area contributed by atoms with Crippen LogP contribution in [0.4, 0.5) is 0 Å². The monoisotopic (exact) mass is 447 g/mol. The summed E-state index contributed by atoms with van der Waals surface area (Å²) in [5, 5.41) is 7.15. The molecular formula is C23H33N3O2S2. The van der Waals surface area contributed by atoms with Crippen LogP contribution in [0, 0.1) is 0 Å². The van der Waals surface area contributed by atoms with Crippen LogP contribution >= 0.6 is 24.2 Å². The summed E-state index contributed by atoms with van der Waals surface area (Å²) in [4.78, 5) is 13.3. The molecule has 1 aromatic rings. The van der Waals surface area contributed by atoms with Gasteiger partial charge in [-0.05, 0) is 86.8 Å². The van der Waals surface area contributed by atoms with E-state index in [2.05, 4.69) is 27.5 Å². The second-order valence-corrected chi connectivity index (χ2v) is 9.24. The highest BCUT2D eigenvalue weighted by Gasteiger charge is 2.15. The minimum Gasteiger partial charge on any atom is -0.496 e. The molecular weight excluding hydrogens is 414 g/mol. The van der Waals surface area contributed by atoms with E-state index in [0.717, 1.165) is 47.5 Å². The summed E-state index contributed by atoms with van der Waals surface area (Å²) >= 11 is 6.94. The number of amides is 1. The van der Waals surface area contributed by atoms with E-state index < -0.39 is 0 Å². The van der Waals surface area contributed by atoms with Crippen molar-refractivity contribution in [2.75, 3.05) is 13.7 Å². The molecule has 3 rings (SSSR count). The molecule has 30 heavy (non-hydrogen) atoms. The predicted molar refractivity (Wildman–Crippen MR) is 128 cm³/mol. The van der Waals surface area contributed by atoms with Gasteiger partial charge in [-0.2, -0.15) is 0 Å². The molecule has 0 aliphatic heterocycles. The topological polar surface area (TPSA) is 62.4 Å². The Morgan fingerprint density at radius 2 is 2.03 bits per heavy atom. The second-order valence-electron chi connectivity index (χ2n) is 7.98. The summed E-state index contributed by atoms with van der Waals surface area (Å²) in [7, 11) is 1.68. The Bertz CT molecular complexity index is 761. The molecule has 0 atom stereocenters. The second kappa shape index (κ2) is 12.2. The first-order chi connectivity index (χ1) is 14.7. The van der Waals surface area contributed by atoms with Crippen molar-refractivity contribution >= 4 is 35.2 Å². The lowest BCUT2D eigenvalue weighted by atomic mass is 9.96. The number of rotatable bonds is 8. The van der Waals surface area contributed by atoms with Crippen LogP contribution in [-0.2, 0) is 11.2 Å². The van der Waals surface area contributed by atoms with Crippen LogP contribution in [0.25, 0.3) is 0 Å². The van der Waals surface area contributed by atoms with Gasteiger partial charge in [-0.3, -0.25) is 4.79 Å². The zero-order valence-corrected chi connectivity index (χ0v) is 19.4. The van der Waals surface area contributed by atoms with E-state index in [9.17, 15) is 4.79 Å². The van der Waals surface area contributed by atoms with E-state index in [1.807, 2.05) is 12.1 Å². The van der Waals surface area contributed by atoms with E-state index in [1.165, 1.54) is 50.5 Å². The molecule has 0 unspecified atom stereocenters. The van der Waals surface area contributed by atoms with Gasteiger partial charge in [0.25, 0.3) is 0 Å². The van der Waals surface area contributed by atoms with Crippen molar-refractivity contribution < 1.29 is 9.53 Å². The maximum Gasteiger partial charge on any atom is 0.246 e. The molecule has 0 aromatic heterocycles. The Morgan fingerprint density at radius 3 is 2.77 bits per heavy atom. The average Bonchev–Trinajstić information content (AvgIpc) is 2.79. The molecule has 0 bridgehead atoms. The molecule has 1 aromatic carbocycles. The van der Waals surface area contributed by atoms with Crippen LogP contribution in [0.15, 0.2) is 34.7 Å². The van der Waals surface area contributed by atoms with E-state index in [1.54, 1.807) is 7.11 Å². The van der Waals surface area contributed by atoms with Gasteiger partial charge in [-0.1, -0.05) is 31.4 Å². The number of allylic oxidation sites excluding steroid dienone is 1. The lowest BCUT2D eigenvalue weighted by Crippen LogP contribution is -2.40. The molecule has 3 N–H and O–H groups in total. The lowest BCUT2D eigenvalue weighted by molar-refractivity contribution is -0.117. The van der Waals surface area contributed by atoms with Crippen molar-refractivity contribution in [1.29, 1.82) is 0 Å². The first-order valence-corrected chi connectivity index (χ1v) is 12.3. The zero-order chi connectivity index (χ0) is 21.2. The summed E-state index contributed by atoms with van der Waals surface area (Å²) in [6.07, 6.45) is 13.3. The van der Waals surface area contributed by atoms with Gasteiger partial charge in [0, 0.05) is 18.2 Å². The largest absolute Gasteiger partial charge is 0.496 e. The smallest absolute Gasteiger partial charge is 0.246 e. The predicted octanol–water partition coefficient (Wildman–Crippen LogP) is 4.66. The number of methoxy groups -OCH3 is 1. The normalized spacial score (nSPS) is 17.0. The average molecular weight is 448 g/mol. The summed E-state index contributed by atoms with van der Waals surface area (Å²) in [6, 6.07) is 6.61. The van der Waals surface area contributed by atoms with Crippen LogP contribution < -0.4 is 20.1 Å². The number of nitrogens with one attached hydrogen (secondary N) is 3. The SMILES string of the molecule is COc1ccc(CCNC(=O)C2=CCCCC2)cc1SNC(=S)NC1CCCCC1. The number of hydrogen-bond acceptors (Lipinski definition) is 4. The molecule has 2 aliphatic rings. The molecule has 1 saturated carbocycles. The number of benzene rings is 1. The Kier molecular flexibility index (Phi) is 9.33. The van der Waals surface area contributed by atoms with Gasteiger partial charge in [0.15, 0.2) is 5.11 Å². The minimum absolute atomic E-state index is 0.0820. The molecule has 1 fully saturated rings. The van der Waals surface area contributed by atoms with Crippen molar-refractivity contribution in [2.45, 2.75) is 75.1 Å². The number of hydrogen-bond donors (Lipinski definition) is 3. The van der Waals surface area contributed by atoms with Gasteiger partial charge in [-0.25, -0.2) is 0 Å². The Morgan fingerprint density at radius 1 is 1.20 bits per heavy atom. The maximum atomic E-state index is 12.3. The highest BCUT2D eigenvalue weighted by Crippen LogP contribution is 2.28. The van der Waals surface area contributed by atoms with E-state index in [0.29, 0.717) is 17.7 Å². The molecule has 0 radical (unpaired) electrons. The summed E-state index contributed by atoms with van der Waals surface area (Å²) in [5.74, 6) is 0.895. The van der Waals surface area contributed by atoms with E-state index in [4.69, 9.17) is 17.0 Å². The van der Waals surface area contributed by atoms with Crippen LogP contribution in [0.3, 0.4) is 0 Å². The van der Waals surface area contributed by atoms with Crippen molar-refractivity contribution in [3.05, 3.63) is 35.4 Å². The molecule has 1 amide bonds. The molecule has 0 spiro atoms. The standard InChI is InChI=1S/C23H33N3O2S2/c1-28-20-13-12-17(14-15-24-22(27)18-8-4-2-5-9-18)16-21(20)30-26-23(29)25-19-10-6-3-7-11-19/h8,12-13,16,19H,2-7,9-11,14-15H2,1H3,(H,24,27)(H2,25,26,29). The molecule has 164 valence electrons. The number of carbonyl (C=O) groups excluding carboxylic acids is 1. The van der Waals surface area contributed by atoms with Gasteiger partial charge in [0.2, 0.25) is 5.91 Å². The van der Waals surface area contributed by atoms with E-state index >= 15 is 0 Å². The molecule has 7 heteroatoms. The Hall–Kier alpha value is -1.73. The van der Waals surface area contributed by atoms with Crippen molar-refractivity contribution in [2.24, 2.45) is 0 Å². The summed E-state index contributed by atoms with van der Waals surface area (Å²) in [5.41, 5.74) is 2.10. The molecule has 2 aliphatic carbocycles. The fourth-order valence-electron chi connectivity index (χ4n) is 4.00. The fraction of sp³-hybridized carbons (Fsp3) is 0.565. The van der Waals surface area contributed by atoms with Gasteiger partial charge in [0.05, 0.1) is 12.0 Å². The Balaban J connectivity index is 1.48. The summed E-state index contributed by atoms with van der Waals surface area (Å²) < 4.78 is 8.75. The van der Waals surface area contributed by atoms with Crippen molar-refractivity contribution in [3.63, 3.8) is 0 Å². The first-order valence-electron chi connectivity index (χ1n) is 11.0. The van der Waals surface area contributed by atoms with Gasteiger partial charge >= 0.3 is 0 Å². The minimum atomic E-state index is 0.0820. The zero-order valence-electron chi connectivity index (χ0n) is 17.8. The van der Waals surface area contributed by atoms with Gasteiger partial charge in [0.1, 0.15) is 5.75 Å². The third-order valence-electron chi connectivity index (χ3n) is 5.70. The molecule has 0 heterocycles. The van der Waals surface area contributed by atoms with E-state index in [-0.39, 0.29) is 5.91 Å². The van der Waals surface area contributed by atoms with Crippen LogP contribution in [-0.4, -0.2) is 30.7 Å². The number of thiocarbonyl (C=S) groups is 1. The molecule has 0 saturated heterocycles. The number of carbonyl (C=O) groups is 1. The van der Waals surface area contributed by atoms with Crippen molar-refractivity contribution in [1.82, 2.24) is 15.4 Å². The Labute approximate surface area is 189 Å². The third kappa shape index (κ3) is 7.20. The third-order valence-corrected chi connectivity index (χ3v) is 6.90.